The highest BCUT2D eigenvalue weighted by atomic mass is 32.1. The lowest BCUT2D eigenvalue weighted by molar-refractivity contribution is 0.0958. The third kappa shape index (κ3) is 2.93. The summed E-state index contributed by atoms with van der Waals surface area (Å²) in [6.07, 6.45) is 7.03. The molecule has 0 spiro atoms. The second kappa shape index (κ2) is 5.12. The molecule has 1 aromatic heterocycles. The first-order valence-corrected chi connectivity index (χ1v) is 6.24. The van der Waals surface area contributed by atoms with Crippen molar-refractivity contribution >= 4 is 17.2 Å². The zero-order chi connectivity index (χ0) is 10.5. The number of hydrogen-bond donors (Lipinski definition) is 1. The fourth-order valence-corrected chi connectivity index (χ4v) is 2.44. The van der Waals surface area contributed by atoms with Gasteiger partial charge in [0, 0.05) is 6.54 Å². The molecular weight excluding hydrogens is 206 g/mol. The Balaban J connectivity index is 1.72. The molecule has 1 aliphatic carbocycles. The summed E-state index contributed by atoms with van der Waals surface area (Å²) in [7, 11) is 0. The number of carbonyl (C=O) groups is 1. The molecule has 0 atom stereocenters. The molecule has 2 rings (SSSR count). The van der Waals surface area contributed by atoms with Crippen LogP contribution < -0.4 is 5.32 Å². The topological polar surface area (TPSA) is 29.1 Å². The van der Waals surface area contributed by atoms with Gasteiger partial charge >= 0.3 is 0 Å². The molecule has 1 amide bonds. The van der Waals surface area contributed by atoms with Crippen molar-refractivity contribution in [2.75, 3.05) is 6.54 Å². The summed E-state index contributed by atoms with van der Waals surface area (Å²) in [4.78, 5) is 12.4. The lowest BCUT2D eigenvalue weighted by Crippen LogP contribution is -2.23. The molecule has 15 heavy (non-hydrogen) atoms. The van der Waals surface area contributed by atoms with E-state index in [2.05, 4.69) is 11.4 Å². The van der Waals surface area contributed by atoms with Gasteiger partial charge in [-0.25, -0.2) is 0 Å². The van der Waals surface area contributed by atoms with Gasteiger partial charge in [0.25, 0.3) is 5.91 Å². The number of thiophene rings is 1. The molecule has 0 unspecified atom stereocenters. The summed E-state index contributed by atoms with van der Waals surface area (Å²) in [5.74, 6) is 0.0589. The predicted molar refractivity (Wildman–Crippen MR) is 63.2 cm³/mol. The van der Waals surface area contributed by atoms with Gasteiger partial charge in [-0.3, -0.25) is 4.79 Å². The zero-order valence-electron chi connectivity index (χ0n) is 8.66. The second-order valence-corrected chi connectivity index (χ2v) is 4.69. The van der Waals surface area contributed by atoms with Crippen LogP contribution in [0.2, 0.25) is 0 Å². The van der Waals surface area contributed by atoms with E-state index in [9.17, 15) is 4.79 Å². The lowest BCUT2D eigenvalue weighted by atomic mass is 10.2. The van der Waals surface area contributed by atoms with E-state index in [-0.39, 0.29) is 5.91 Å². The van der Waals surface area contributed by atoms with E-state index in [0.29, 0.717) is 0 Å². The van der Waals surface area contributed by atoms with Crippen molar-refractivity contribution in [3.8, 4) is 0 Å². The van der Waals surface area contributed by atoms with Crippen LogP contribution in [0.15, 0.2) is 29.2 Å². The Bertz CT molecular complexity index is 354. The highest BCUT2D eigenvalue weighted by Crippen LogP contribution is 2.19. The number of nitrogens with one attached hydrogen (secondary N) is 1. The Morgan fingerprint density at radius 2 is 2.47 bits per heavy atom. The molecule has 1 heterocycles. The molecule has 0 saturated heterocycles. The van der Waals surface area contributed by atoms with Gasteiger partial charge in [0.2, 0.25) is 0 Å². The normalized spacial score (nSPS) is 15.1. The summed E-state index contributed by atoms with van der Waals surface area (Å²) >= 11 is 1.49. The number of allylic oxidation sites excluding steroid dienone is 1. The minimum atomic E-state index is 0.0589. The van der Waals surface area contributed by atoms with Crippen molar-refractivity contribution in [1.29, 1.82) is 0 Å². The van der Waals surface area contributed by atoms with Crippen molar-refractivity contribution in [1.82, 2.24) is 5.32 Å². The zero-order valence-corrected chi connectivity index (χ0v) is 9.48. The Labute approximate surface area is 94.0 Å². The van der Waals surface area contributed by atoms with E-state index in [0.717, 1.165) is 17.8 Å². The fraction of sp³-hybridized carbons (Fsp3) is 0.417. The number of rotatable bonds is 4. The third-order valence-electron chi connectivity index (χ3n) is 2.61. The number of hydrogen-bond acceptors (Lipinski definition) is 2. The second-order valence-electron chi connectivity index (χ2n) is 3.74. The van der Waals surface area contributed by atoms with Crippen LogP contribution >= 0.6 is 11.3 Å². The quantitative estimate of drug-likeness (QED) is 0.778. The maximum absolute atomic E-state index is 11.6. The summed E-state index contributed by atoms with van der Waals surface area (Å²) in [6, 6.07) is 3.76. The minimum Gasteiger partial charge on any atom is -0.351 e. The largest absolute Gasteiger partial charge is 0.351 e. The third-order valence-corrected chi connectivity index (χ3v) is 3.48. The molecule has 0 aromatic carbocycles. The summed E-state index contributed by atoms with van der Waals surface area (Å²) in [5.41, 5.74) is 1.50. The molecule has 2 nitrogen and oxygen atoms in total. The molecule has 1 aromatic rings. The average Bonchev–Trinajstić information content (AvgIpc) is 2.90. The van der Waals surface area contributed by atoms with Gasteiger partial charge in [0.05, 0.1) is 4.88 Å². The number of amides is 1. The fourth-order valence-electron chi connectivity index (χ4n) is 1.80. The van der Waals surface area contributed by atoms with Crippen LogP contribution in [-0.4, -0.2) is 12.5 Å². The van der Waals surface area contributed by atoms with Crippen molar-refractivity contribution in [2.45, 2.75) is 25.7 Å². The van der Waals surface area contributed by atoms with E-state index in [1.54, 1.807) is 0 Å². The first kappa shape index (κ1) is 10.4. The Morgan fingerprint density at radius 3 is 3.13 bits per heavy atom. The van der Waals surface area contributed by atoms with Crippen molar-refractivity contribution in [3.05, 3.63) is 34.0 Å². The van der Waals surface area contributed by atoms with Gasteiger partial charge < -0.3 is 5.32 Å². The number of carbonyl (C=O) groups excluding carboxylic acids is 1. The molecule has 1 aliphatic rings. The standard InChI is InChI=1S/C12H15NOS/c14-12(11-6-3-9-15-11)13-8-7-10-4-1-2-5-10/h3-4,6,9H,1-2,5,7-8H2,(H,13,14). The maximum Gasteiger partial charge on any atom is 0.261 e. The van der Waals surface area contributed by atoms with Gasteiger partial charge in [-0.2, -0.15) is 0 Å². The summed E-state index contributed by atoms with van der Waals surface area (Å²) in [5, 5.41) is 4.87. The molecule has 0 aliphatic heterocycles. The smallest absolute Gasteiger partial charge is 0.261 e. The van der Waals surface area contributed by atoms with E-state index < -0.39 is 0 Å². The van der Waals surface area contributed by atoms with Gasteiger partial charge in [0.1, 0.15) is 0 Å². The van der Waals surface area contributed by atoms with Crippen LogP contribution in [0.5, 0.6) is 0 Å². The van der Waals surface area contributed by atoms with E-state index in [4.69, 9.17) is 0 Å². The highest BCUT2D eigenvalue weighted by molar-refractivity contribution is 7.12. The van der Waals surface area contributed by atoms with Gasteiger partial charge in [0.15, 0.2) is 0 Å². The molecule has 0 fully saturated rings. The van der Waals surface area contributed by atoms with Crippen molar-refractivity contribution < 1.29 is 4.79 Å². The van der Waals surface area contributed by atoms with Gasteiger partial charge in [-0.1, -0.05) is 17.7 Å². The Kier molecular flexibility index (Phi) is 3.56. The van der Waals surface area contributed by atoms with Crippen LogP contribution in [0.4, 0.5) is 0 Å². The van der Waals surface area contributed by atoms with E-state index in [1.807, 2.05) is 17.5 Å². The van der Waals surface area contributed by atoms with E-state index in [1.165, 1.54) is 36.2 Å². The molecule has 3 heteroatoms. The van der Waals surface area contributed by atoms with Crippen molar-refractivity contribution in [3.63, 3.8) is 0 Å². The van der Waals surface area contributed by atoms with Gasteiger partial charge in [-0.05, 0) is 37.1 Å². The monoisotopic (exact) mass is 221 g/mol. The van der Waals surface area contributed by atoms with E-state index >= 15 is 0 Å². The van der Waals surface area contributed by atoms with Crippen LogP contribution in [-0.2, 0) is 0 Å². The molecule has 80 valence electrons. The molecule has 1 N–H and O–H groups in total. The first-order chi connectivity index (χ1) is 7.36. The van der Waals surface area contributed by atoms with Crippen LogP contribution in [0, 0.1) is 0 Å². The minimum absolute atomic E-state index is 0.0589. The summed E-state index contributed by atoms with van der Waals surface area (Å²) < 4.78 is 0. The Morgan fingerprint density at radius 1 is 1.53 bits per heavy atom. The summed E-state index contributed by atoms with van der Waals surface area (Å²) in [6.45, 7) is 0.766. The maximum atomic E-state index is 11.6. The van der Waals surface area contributed by atoms with Crippen molar-refractivity contribution in [2.24, 2.45) is 0 Å². The molecule has 0 saturated carbocycles. The molecular formula is C12H15NOS. The van der Waals surface area contributed by atoms with Gasteiger partial charge in [-0.15, -0.1) is 11.3 Å². The lowest BCUT2D eigenvalue weighted by Gasteiger charge is -2.03. The van der Waals surface area contributed by atoms with Crippen LogP contribution in [0.3, 0.4) is 0 Å². The average molecular weight is 221 g/mol. The molecule has 0 bridgehead atoms. The molecule has 0 radical (unpaired) electrons. The Hall–Kier alpha value is -1.09. The van der Waals surface area contributed by atoms with Crippen LogP contribution in [0.1, 0.15) is 35.4 Å². The SMILES string of the molecule is O=C(NCCC1=CCCC1)c1cccs1. The first-order valence-electron chi connectivity index (χ1n) is 5.36. The highest BCUT2D eigenvalue weighted by Gasteiger charge is 2.07. The predicted octanol–water partition coefficient (Wildman–Crippen LogP) is 2.98. The van der Waals surface area contributed by atoms with Crippen LogP contribution in [0.25, 0.3) is 0 Å².